The molecule has 1 N–H and O–H groups in total. The molecule has 0 aliphatic heterocycles. The van der Waals surface area contributed by atoms with Gasteiger partial charge in [0.05, 0.1) is 12.7 Å². The summed E-state index contributed by atoms with van der Waals surface area (Å²) >= 11 is 0. The van der Waals surface area contributed by atoms with Gasteiger partial charge in [-0.2, -0.15) is 5.10 Å². The van der Waals surface area contributed by atoms with Crippen LogP contribution in [0.5, 0.6) is 0 Å². The Balaban J connectivity index is 2.51. The molecule has 1 rings (SSSR count). The molecule has 0 amide bonds. The van der Waals surface area contributed by atoms with Crippen molar-refractivity contribution in [2.75, 3.05) is 13.7 Å². The predicted molar refractivity (Wildman–Crippen MR) is 41.0 cm³/mol. The van der Waals surface area contributed by atoms with Crippen LogP contribution in [-0.4, -0.2) is 23.5 Å². The van der Waals surface area contributed by atoms with Crippen molar-refractivity contribution in [3.63, 3.8) is 0 Å². The zero-order valence-corrected chi connectivity index (χ0v) is 6.55. The number of aryl methyl sites for hydroxylation is 1. The van der Waals surface area contributed by atoms with Gasteiger partial charge >= 0.3 is 0 Å². The van der Waals surface area contributed by atoms with Gasteiger partial charge in [0, 0.05) is 18.3 Å². The maximum Gasteiger partial charge on any atom is 0.109 e. The third kappa shape index (κ3) is 2.31. The van der Waals surface area contributed by atoms with Crippen LogP contribution < -0.4 is 5.32 Å². The smallest absolute Gasteiger partial charge is 0.109 e. The SMILES string of the molecule is CNCc1cnn(CCF)c1. The van der Waals surface area contributed by atoms with Crippen molar-refractivity contribution < 1.29 is 4.39 Å². The van der Waals surface area contributed by atoms with Gasteiger partial charge < -0.3 is 5.32 Å². The lowest BCUT2D eigenvalue weighted by Crippen LogP contribution is -2.04. The van der Waals surface area contributed by atoms with Crippen molar-refractivity contribution in [2.24, 2.45) is 0 Å². The Labute approximate surface area is 65.2 Å². The zero-order valence-electron chi connectivity index (χ0n) is 6.55. The molecule has 0 fully saturated rings. The Kier molecular flexibility index (Phi) is 3.04. The molecule has 0 saturated heterocycles. The molecule has 0 radical (unpaired) electrons. The molecule has 1 heterocycles. The zero-order chi connectivity index (χ0) is 8.10. The second kappa shape index (κ2) is 4.08. The standard InChI is InChI=1S/C7H12FN3/c1-9-4-7-5-10-11(6-7)3-2-8/h5-6,9H,2-4H2,1H3. The molecule has 0 aliphatic carbocycles. The minimum absolute atomic E-state index is 0.351. The number of rotatable bonds is 4. The molecule has 0 spiro atoms. The molecule has 1 aromatic rings. The largest absolute Gasteiger partial charge is 0.316 e. The van der Waals surface area contributed by atoms with E-state index in [1.165, 1.54) is 0 Å². The van der Waals surface area contributed by atoms with E-state index in [1.807, 2.05) is 13.2 Å². The van der Waals surface area contributed by atoms with Crippen LogP contribution in [0.15, 0.2) is 12.4 Å². The first kappa shape index (κ1) is 8.20. The molecule has 11 heavy (non-hydrogen) atoms. The third-order valence-corrected chi connectivity index (χ3v) is 1.38. The van der Waals surface area contributed by atoms with Crippen LogP contribution in [0.2, 0.25) is 0 Å². The lowest BCUT2D eigenvalue weighted by atomic mass is 10.4. The average Bonchev–Trinajstić information content (AvgIpc) is 2.38. The lowest BCUT2D eigenvalue weighted by Gasteiger charge is -1.93. The van der Waals surface area contributed by atoms with Crippen LogP contribution in [0.1, 0.15) is 5.56 Å². The molecule has 0 bridgehead atoms. The number of hydrogen-bond acceptors (Lipinski definition) is 2. The van der Waals surface area contributed by atoms with Gasteiger partial charge in [0.2, 0.25) is 0 Å². The van der Waals surface area contributed by atoms with E-state index < -0.39 is 0 Å². The molecular weight excluding hydrogens is 145 g/mol. The summed E-state index contributed by atoms with van der Waals surface area (Å²) in [5.74, 6) is 0. The minimum atomic E-state index is -0.360. The molecule has 0 unspecified atom stereocenters. The van der Waals surface area contributed by atoms with Crippen LogP contribution in [0, 0.1) is 0 Å². The molecule has 0 saturated carbocycles. The highest BCUT2D eigenvalue weighted by Crippen LogP contribution is 1.96. The fraction of sp³-hybridized carbons (Fsp3) is 0.571. The fourth-order valence-electron chi connectivity index (χ4n) is 0.911. The second-order valence-electron chi connectivity index (χ2n) is 2.33. The van der Waals surface area contributed by atoms with Crippen LogP contribution in [0.4, 0.5) is 4.39 Å². The molecule has 1 aromatic heterocycles. The monoisotopic (exact) mass is 157 g/mol. The molecule has 0 aliphatic rings. The lowest BCUT2D eigenvalue weighted by molar-refractivity contribution is 0.427. The van der Waals surface area contributed by atoms with Crippen LogP contribution in [0.3, 0.4) is 0 Å². The van der Waals surface area contributed by atoms with Crippen molar-refractivity contribution in [3.8, 4) is 0 Å². The summed E-state index contributed by atoms with van der Waals surface area (Å²) in [5.41, 5.74) is 1.08. The summed E-state index contributed by atoms with van der Waals surface area (Å²) in [6.07, 6.45) is 3.59. The van der Waals surface area contributed by atoms with Gasteiger partial charge in [0.25, 0.3) is 0 Å². The molecule has 0 atom stereocenters. The Morgan fingerprint density at radius 1 is 1.73 bits per heavy atom. The molecule has 62 valence electrons. The van der Waals surface area contributed by atoms with Crippen molar-refractivity contribution in [1.82, 2.24) is 15.1 Å². The minimum Gasteiger partial charge on any atom is -0.316 e. The first-order valence-corrected chi connectivity index (χ1v) is 3.58. The summed E-state index contributed by atoms with van der Waals surface area (Å²) in [7, 11) is 1.87. The average molecular weight is 157 g/mol. The van der Waals surface area contributed by atoms with Crippen LogP contribution in [-0.2, 0) is 13.1 Å². The van der Waals surface area contributed by atoms with E-state index >= 15 is 0 Å². The second-order valence-corrected chi connectivity index (χ2v) is 2.33. The van der Waals surface area contributed by atoms with Crippen LogP contribution >= 0.6 is 0 Å². The van der Waals surface area contributed by atoms with E-state index in [1.54, 1.807) is 10.9 Å². The number of aromatic nitrogens is 2. The maximum atomic E-state index is 11.8. The Morgan fingerprint density at radius 3 is 3.18 bits per heavy atom. The van der Waals surface area contributed by atoms with Crippen molar-refractivity contribution in [3.05, 3.63) is 18.0 Å². The van der Waals surface area contributed by atoms with Gasteiger partial charge in [0.1, 0.15) is 6.67 Å². The Bertz CT molecular complexity index is 189. The normalized spacial score (nSPS) is 10.4. The van der Waals surface area contributed by atoms with Gasteiger partial charge in [0.15, 0.2) is 0 Å². The summed E-state index contributed by atoms with van der Waals surface area (Å²) in [4.78, 5) is 0. The van der Waals surface area contributed by atoms with E-state index in [0.29, 0.717) is 6.54 Å². The van der Waals surface area contributed by atoms with Gasteiger partial charge in [-0.25, -0.2) is 4.39 Å². The summed E-state index contributed by atoms with van der Waals surface area (Å²) < 4.78 is 13.4. The van der Waals surface area contributed by atoms with E-state index in [-0.39, 0.29) is 6.67 Å². The van der Waals surface area contributed by atoms with Gasteiger partial charge in [-0.3, -0.25) is 4.68 Å². The molecular formula is C7H12FN3. The van der Waals surface area contributed by atoms with Gasteiger partial charge in [-0.1, -0.05) is 0 Å². The summed E-state index contributed by atoms with van der Waals surface area (Å²) in [6, 6.07) is 0. The van der Waals surface area contributed by atoms with Crippen molar-refractivity contribution >= 4 is 0 Å². The number of nitrogens with zero attached hydrogens (tertiary/aromatic N) is 2. The molecule has 4 heteroatoms. The maximum absolute atomic E-state index is 11.8. The quantitative estimate of drug-likeness (QED) is 0.692. The Morgan fingerprint density at radius 2 is 2.55 bits per heavy atom. The fourth-order valence-corrected chi connectivity index (χ4v) is 0.911. The number of hydrogen-bond donors (Lipinski definition) is 1. The summed E-state index contributed by atoms with van der Waals surface area (Å²) in [5, 5.41) is 6.95. The summed E-state index contributed by atoms with van der Waals surface area (Å²) in [6.45, 7) is 0.774. The van der Waals surface area contributed by atoms with E-state index in [9.17, 15) is 4.39 Å². The van der Waals surface area contributed by atoms with Gasteiger partial charge in [-0.05, 0) is 7.05 Å². The highest BCUT2D eigenvalue weighted by molar-refractivity contribution is 5.02. The van der Waals surface area contributed by atoms with Crippen LogP contribution in [0.25, 0.3) is 0 Å². The topological polar surface area (TPSA) is 29.9 Å². The first-order chi connectivity index (χ1) is 5.36. The number of halogens is 1. The highest BCUT2D eigenvalue weighted by Gasteiger charge is 1.95. The predicted octanol–water partition coefficient (Wildman–Crippen LogP) is 0.572. The third-order valence-electron chi connectivity index (χ3n) is 1.38. The number of alkyl halides is 1. The van der Waals surface area contributed by atoms with E-state index in [0.717, 1.165) is 12.1 Å². The first-order valence-electron chi connectivity index (χ1n) is 3.58. The van der Waals surface area contributed by atoms with Crippen molar-refractivity contribution in [1.29, 1.82) is 0 Å². The Hall–Kier alpha value is -0.900. The van der Waals surface area contributed by atoms with E-state index in [2.05, 4.69) is 10.4 Å². The van der Waals surface area contributed by atoms with Gasteiger partial charge in [-0.15, -0.1) is 0 Å². The van der Waals surface area contributed by atoms with E-state index in [4.69, 9.17) is 0 Å². The highest BCUT2D eigenvalue weighted by atomic mass is 19.1. The molecule has 0 aromatic carbocycles. The number of nitrogens with one attached hydrogen (secondary N) is 1. The van der Waals surface area contributed by atoms with Crippen molar-refractivity contribution in [2.45, 2.75) is 13.1 Å². The molecule has 3 nitrogen and oxygen atoms in total.